The van der Waals surface area contributed by atoms with Gasteiger partial charge in [0.15, 0.2) is 0 Å². The van der Waals surface area contributed by atoms with E-state index in [1.165, 1.54) is 0 Å². The van der Waals surface area contributed by atoms with E-state index in [1.807, 2.05) is 12.3 Å². The van der Waals surface area contributed by atoms with Crippen LogP contribution in [0.15, 0.2) is 35.7 Å². The van der Waals surface area contributed by atoms with Gasteiger partial charge in [0, 0.05) is 0 Å². The number of benzene rings is 1. The van der Waals surface area contributed by atoms with Crippen LogP contribution in [0.1, 0.15) is 29.7 Å². The van der Waals surface area contributed by atoms with Gasteiger partial charge >= 0.3 is 6.18 Å². The second kappa shape index (κ2) is 6.44. The van der Waals surface area contributed by atoms with Gasteiger partial charge in [-0.2, -0.15) is 13.2 Å². The lowest BCUT2D eigenvalue weighted by Gasteiger charge is -2.18. The van der Waals surface area contributed by atoms with Crippen LogP contribution >= 0.6 is 33.9 Å². The van der Waals surface area contributed by atoms with Crippen molar-refractivity contribution in [3.63, 3.8) is 0 Å². The van der Waals surface area contributed by atoms with Crippen LogP contribution in [-0.4, -0.2) is 6.54 Å². The second-order valence-electron chi connectivity index (χ2n) is 4.29. The van der Waals surface area contributed by atoms with Gasteiger partial charge in [-0.3, -0.25) is 0 Å². The Bertz CT molecular complexity index is 563. The van der Waals surface area contributed by atoms with Gasteiger partial charge < -0.3 is 5.32 Å². The molecule has 0 saturated carbocycles. The summed E-state index contributed by atoms with van der Waals surface area (Å²) in [5, 5.41) is 5.34. The molecule has 1 unspecified atom stereocenters. The summed E-state index contributed by atoms with van der Waals surface area (Å²) < 4.78 is 38.9. The Balaban J connectivity index is 2.30. The first-order valence-electron chi connectivity index (χ1n) is 6.06. The molecule has 1 heterocycles. The maximum absolute atomic E-state index is 12.6. The summed E-state index contributed by atoms with van der Waals surface area (Å²) in [7, 11) is 0. The van der Waals surface area contributed by atoms with Gasteiger partial charge in [0.25, 0.3) is 0 Å². The van der Waals surface area contributed by atoms with Crippen molar-refractivity contribution in [1.29, 1.82) is 0 Å². The molecular weight excluding hydrogens is 398 g/mol. The molecule has 1 atom stereocenters. The Morgan fingerprint density at radius 3 is 2.30 bits per heavy atom. The number of nitrogens with one attached hydrogen (secondary N) is 1. The van der Waals surface area contributed by atoms with Gasteiger partial charge in [-0.15, -0.1) is 11.3 Å². The largest absolute Gasteiger partial charge is 0.416 e. The fourth-order valence-corrected chi connectivity index (χ4v) is 3.37. The predicted molar refractivity (Wildman–Crippen MR) is 84.0 cm³/mol. The SMILES string of the molecule is CCNC(c1ccc(C(F)(F)F)cc1)c1csc(I)c1. The highest BCUT2D eigenvalue weighted by molar-refractivity contribution is 14.1. The first-order valence-corrected chi connectivity index (χ1v) is 8.02. The second-order valence-corrected chi connectivity index (χ2v) is 7.10. The van der Waals surface area contributed by atoms with Crippen LogP contribution in [0.25, 0.3) is 0 Å². The van der Waals surface area contributed by atoms with Crippen LogP contribution in [0.5, 0.6) is 0 Å². The van der Waals surface area contributed by atoms with Crippen molar-refractivity contribution in [2.24, 2.45) is 0 Å². The normalized spacial score (nSPS) is 13.4. The number of halogens is 4. The van der Waals surface area contributed by atoms with E-state index in [-0.39, 0.29) is 6.04 Å². The van der Waals surface area contributed by atoms with Crippen LogP contribution in [0, 0.1) is 2.88 Å². The van der Waals surface area contributed by atoms with Gasteiger partial charge in [0.1, 0.15) is 0 Å². The number of hydrogen-bond acceptors (Lipinski definition) is 2. The Morgan fingerprint density at radius 2 is 1.85 bits per heavy atom. The molecule has 2 rings (SSSR count). The zero-order valence-corrected chi connectivity index (χ0v) is 13.6. The summed E-state index contributed by atoms with van der Waals surface area (Å²) in [6.45, 7) is 2.73. The fraction of sp³-hybridized carbons (Fsp3) is 0.286. The lowest BCUT2D eigenvalue weighted by molar-refractivity contribution is -0.137. The molecule has 0 aliphatic carbocycles. The molecule has 0 fully saturated rings. The summed E-state index contributed by atoms with van der Waals surface area (Å²) in [6, 6.07) is 7.34. The topological polar surface area (TPSA) is 12.0 Å². The van der Waals surface area contributed by atoms with Crippen LogP contribution in [0.4, 0.5) is 13.2 Å². The summed E-state index contributed by atoms with van der Waals surface area (Å²) in [5.74, 6) is 0. The smallest absolute Gasteiger partial charge is 0.307 e. The maximum Gasteiger partial charge on any atom is 0.416 e. The molecule has 0 aliphatic rings. The minimum Gasteiger partial charge on any atom is -0.307 e. The lowest BCUT2D eigenvalue weighted by Crippen LogP contribution is -2.21. The standard InChI is InChI=1S/C14H13F3INS/c1-2-19-13(10-7-12(18)20-8-10)9-3-5-11(6-4-9)14(15,16)17/h3-8,13,19H,2H2,1H3. The molecule has 0 amide bonds. The van der Waals surface area contributed by atoms with Gasteiger partial charge in [0.2, 0.25) is 0 Å². The van der Waals surface area contributed by atoms with E-state index >= 15 is 0 Å². The zero-order valence-electron chi connectivity index (χ0n) is 10.7. The molecule has 0 saturated heterocycles. The van der Waals surface area contributed by atoms with E-state index in [4.69, 9.17) is 0 Å². The van der Waals surface area contributed by atoms with E-state index in [0.29, 0.717) is 0 Å². The highest BCUT2D eigenvalue weighted by Gasteiger charge is 2.30. The highest BCUT2D eigenvalue weighted by Crippen LogP contribution is 2.32. The average Bonchev–Trinajstić information content (AvgIpc) is 2.81. The van der Waals surface area contributed by atoms with Gasteiger partial charge in [-0.05, 0) is 63.8 Å². The molecule has 0 bridgehead atoms. The molecule has 6 heteroatoms. The molecule has 0 aliphatic heterocycles. The number of thiophene rings is 1. The summed E-state index contributed by atoms with van der Waals surface area (Å²) in [5.41, 5.74) is 1.31. The summed E-state index contributed by atoms with van der Waals surface area (Å²) in [6.07, 6.45) is -4.29. The van der Waals surface area contributed by atoms with Gasteiger partial charge in [-0.25, -0.2) is 0 Å². The molecule has 20 heavy (non-hydrogen) atoms. The van der Waals surface area contributed by atoms with E-state index < -0.39 is 11.7 Å². The third kappa shape index (κ3) is 3.73. The fourth-order valence-electron chi connectivity index (χ4n) is 1.97. The van der Waals surface area contributed by atoms with E-state index in [1.54, 1.807) is 23.5 Å². The molecule has 0 radical (unpaired) electrons. The number of rotatable bonds is 4. The molecule has 2 aromatic rings. The zero-order chi connectivity index (χ0) is 14.8. The van der Waals surface area contributed by atoms with Crippen LogP contribution in [0.2, 0.25) is 0 Å². The molecule has 108 valence electrons. The van der Waals surface area contributed by atoms with Crippen molar-refractivity contribution in [3.8, 4) is 0 Å². The summed E-state index contributed by atoms with van der Waals surface area (Å²) >= 11 is 3.87. The van der Waals surface area contributed by atoms with Crippen LogP contribution < -0.4 is 5.32 Å². The van der Waals surface area contributed by atoms with Crippen molar-refractivity contribution in [1.82, 2.24) is 5.32 Å². The molecule has 1 aromatic heterocycles. The van der Waals surface area contributed by atoms with Gasteiger partial charge in [0.05, 0.1) is 14.5 Å². The Hall–Kier alpha value is -0.600. The third-order valence-electron chi connectivity index (χ3n) is 2.90. The first kappa shape index (κ1) is 15.8. The molecule has 1 nitrogen and oxygen atoms in total. The first-order chi connectivity index (χ1) is 9.41. The van der Waals surface area contributed by atoms with Crippen molar-refractivity contribution in [2.45, 2.75) is 19.1 Å². The van der Waals surface area contributed by atoms with Crippen molar-refractivity contribution in [2.75, 3.05) is 6.54 Å². The Morgan fingerprint density at radius 1 is 1.20 bits per heavy atom. The number of hydrogen-bond donors (Lipinski definition) is 1. The van der Waals surface area contributed by atoms with E-state index in [9.17, 15) is 13.2 Å². The van der Waals surface area contributed by atoms with Crippen molar-refractivity contribution < 1.29 is 13.2 Å². The van der Waals surface area contributed by atoms with Crippen molar-refractivity contribution in [3.05, 3.63) is 55.3 Å². The summed E-state index contributed by atoms with van der Waals surface area (Å²) in [4.78, 5) is 0. The van der Waals surface area contributed by atoms with E-state index in [0.717, 1.165) is 32.7 Å². The Kier molecular flexibility index (Phi) is 5.09. The molecule has 1 aromatic carbocycles. The van der Waals surface area contributed by atoms with Crippen molar-refractivity contribution >= 4 is 33.9 Å². The quantitative estimate of drug-likeness (QED) is 0.693. The minimum atomic E-state index is -4.29. The van der Waals surface area contributed by atoms with E-state index in [2.05, 4.69) is 34.0 Å². The average molecular weight is 411 g/mol. The van der Waals surface area contributed by atoms with Gasteiger partial charge in [-0.1, -0.05) is 19.1 Å². The monoisotopic (exact) mass is 411 g/mol. The van der Waals surface area contributed by atoms with Crippen LogP contribution in [0.3, 0.4) is 0 Å². The Labute approximate surface area is 133 Å². The highest BCUT2D eigenvalue weighted by atomic mass is 127. The third-order valence-corrected chi connectivity index (χ3v) is 4.71. The molecule has 1 N–H and O–H groups in total. The lowest BCUT2D eigenvalue weighted by atomic mass is 10.00. The molecule has 0 spiro atoms. The van der Waals surface area contributed by atoms with Crippen LogP contribution in [-0.2, 0) is 6.18 Å². The maximum atomic E-state index is 12.6. The molecular formula is C14H13F3INS. The number of alkyl halides is 3. The minimum absolute atomic E-state index is 0.0675. The predicted octanol–water partition coefficient (Wildman–Crippen LogP) is 5.07.